The average molecular weight is 646 g/mol. The van der Waals surface area contributed by atoms with Crippen LogP contribution in [0.2, 0.25) is 10.0 Å². The highest BCUT2D eigenvalue weighted by Gasteiger charge is 2.32. The number of ether oxygens (including phenoxy) is 3. The molecule has 43 heavy (non-hydrogen) atoms. The van der Waals surface area contributed by atoms with Gasteiger partial charge >= 0.3 is 5.97 Å². The third-order valence-electron chi connectivity index (χ3n) is 6.11. The van der Waals surface area contributed by atoms with Crippen molar-refractivity contribution in [1.29, 1.82) is 0 Å². The number of esters is 1. The molecule has 1 aliphatic heterocycles. The van der Waals surface area contributed by atoms with E-state index in [-0.39, 0.29) is 35.6 Å². The fourth-order valence-electron chi connectivity index (χ4n) is 4.17. The molecule has 3 N–H and O–H groups in total. The lowest BCUT2D eigenvalue weighted by molar-refractivity contribution is -0.139. The Kier molecular flexibility index (Phi) is 10.9. The van der Waals surface area contributed by atoms with Gasteiger partial charge < -0.3 is 24.8 Å². The Labute approximate surface area is 263 Å². The second-order valence-electron chi connectivity index (χ2n) is 9.10. The lowest BCUT2D eigenvalue weighted by Crippen LogP contribution is -2.45. The molecule has 1 atom stereocenters. The Hall–Kier alpha value is -4.19. The number of carbonyl (C=O) groups excluding carboxylic acids is 2. The molecule has 1 aliphatic rings. The summed E-state index contributed by atoms with van der Waals surface area (Å²) in [4.78, 5) is 25.2. The second-order valence-corrected chi connectivity index (χ2v) is 10.3. The highest BCUT2D eigenvalue weighted by atomic mass is 35.5. The Morgan fingerprint density at radius 2 is 1.79 bits per heavy atom. The molecule has 1 amide bonds. The molecule has 1 heterocycles. The third-order valence-corrected chi connectivity index (χ3v) is 6.89. The number of benzene rings is 3. The normalized spacial score (nSPS) is 14.6. The summed E-state index contributed by atoms with van der Waals surface area (Å²) in [6.45, 7) is 3.23. The topological polar surface area (TPSA) is 110 Å². The molecular formula is C30H27Cl2FN4O5S. The van der Waals surface area contributed by atoms with Gasteiger partial charge in [-0.2, -0.15) is 5.10 Å². The zero-order valence-electron chi connectivity index (χ0n) is 23.1. The van der Waals surface area contributed by atoms with Crippen LogP contribution in [0.3, 0.4) is 0 Å². The zero-order chi connectivity index (χ0) is 30.9. The van der Waals surface area contributed by atoms with Crippen molar-refractivity contribution in [2.75, 3.05) is 13.2 Å². The Bertz CT molecular complexity index is 1580. The van der Waals surface area contributed by atoms with Crippen molar-refractivity contribution in [1.82, 2.24) is 16.1 Å². The maximum atomic E-state index is 13.9. The summed E-state index contributed by atoms with van der Waals surface area (Å²) < 4.78 is 30.5. The van der Waals surface area contributed by atoms with E-state index in [1.54, 1.807) is 68.4 Å². The van der Waals surface area contributed by atoms with Crippen LogP contribution in [-0.2, 0) is 20.9 Å². The molecule has 0 spiro atoms. The van der Waals surface area contributed by atoms with Crippen LogP contribution in [0.15, 0.2) is 77.0 Å². The first-order valence-corrected chi connectivity index (χ1v) is 14.2. The number of hydrazone groups is 1. The van der Waals surface area contributed by atoms with Crippen LogP contribution >= 0.6 is 35.4 Å². The highest BCUT2D eigenvalue weighted by Crippen LogP contribution is 2.35. The van der Waals surface area contributed by atoms with E-state index >= 15 is 0 Å². The predicted octanol–water partition coefficient (Wildman–Crippen LogP) is 5.60. The largest absolute Gasteiger partial charge is 0.486 e. The second kappa shape index (κ2) is 14.8. The van der Waals surface area contributed by atoms with Gasteiger partial charge in [-0.05, 0) is 55.9 Å². The van der Waals surface area contributed by atoms with Crippen molar-refractivity contribution in [3.63, 3.8) is 0 Å². The molecule has 0 unspecified atom stereocenters. The highest BCUT2D eigenvalue weighted by molar-refractivity contribution is 7.80. The maximum Gasteiger partial charge on any atom is 0.338 e. The molecule has 4 rings (SSSR count). The van der Waals surface area contributed by atoms with Gasteiger partial charge in [-0.15, -0.1) is 0 Å². The molecule has 0 aromatic heterocycles. The van der Waals surface area contributed by atoms with E-state index in [4.69, 9.17) is 49.6 Å². The Balaban J connectivity index is 1.38. The SMILES string of the molecule is CCOC(=O)C1=C(C)NC(=S)N[C@H]1c1ccccc1OCC(=O)NN=Cc1cc(Cl)c(OCc2ccccc2F)c(Cl)c1. The number of carbonyl (C=O) groups is 2. The molecule has 224 valence electrons. The molecule has 0 saturated carbocycles. The fourth-order valence-corrected chi connectivity index (χ4v) is 5.05. The van der Waals surface area contributed by atoms with Gasteiger partial charge in [0.1, 0.15) is 18.2 Å². The predicted molar refractivity (Wildman–Crippen MR) is 166 cm³/mol. The van der Waals surface area contributed by atoms with Gasteiger partial charge in [-0.25, -0.2) is 14.6 Å². The number of amides is 1. The van der Waals surface area contributed by atoms with Crippen molar-refractivity contribution < 1.29 is 28.2 Å². The van der Waals surface area contributed by atoms with Crippen molar-refractivity contribution in [3.8, 4) is 11.5 Å². The first kappa shape index (κ1) is 31.7. The van der Waals surface area contributed by atoms with Crippen LogP contribution in [-0.4, -0.2) is 36.4 Å². The van der Waals surface area contributed by atoms with Crippen LogP contribution in [0.4, 0.5) is 4.39 Å². The molecular weight excluding hydrogens is 618 g/mol. The molecule has 3 aromatic carbocycles. The van der Waals surface area contributed by atoms with Gasteiger partial charge in [0, 0.05) is 16.8 Å². The number of allylic oxidation sites excluding steroid dienone is 1. The van der Waals surface area contributed by atoms with Crippen molar-refractivity contribution >= 4 is 58.6 Å². The van der Waals surface area contributed by atoms with E-state index in [0.29, 0.717) is 38.8 Å². The maximum absolute atomic E-state index is 13.9. The number of hydrogen-bond acceptors (Lipinski definition) is 7. The number of rotatable bonds is 11. The number of halogens is 3. The minimum atomic E-state index is -0.654. The van der Waals surface area contributed by atoms with E-state index in [1.807, 2.05) is 0 Å². The zero-order valence-corrected chi connectivity index (χ0v) is 25.4. The number of para-hydroxylation sites is 1. The van der Waals surface area contributed by atoms with Crippen molar-refractivity contribution in [3.05, 3.63) is 104 Å². The van der Waals surface area contributed by atoms with E-state index < -0.39 is 23.7 Å². The lowest BCUT2D eigenvalue weighted by Gasteiger charge is -2.30. The van der Waals surface area contributed by atoms with Gasteiger partial charge in [0.25, 0.3) is 5.91 Å². The number of thiocarbonyl (C=S) groups is 1. The van der Waals surface area contributed by atoms with Gasteiger partial charge in [0.2, 0.25) is 0 Å². The number of hydrogen-bond donors (Lipinski definition) is 3. The van der Waals surface area contributed by atoms with Gasteiger partial charge in [0.05, 0.1) is 34.5 Å². The summed E-state index contributed by atoms with van der Waals surface area (Å²) in [7, 11) is 0. The van der Waals surface area contributed by atoms with E-state index in [0.717, 1.165) is 0 Å². The summed E-state index contributed by atoms with van der Waals surface area (Å²) in [6.07, 6.45) is 1.35. The molecule has 0 fully saturated rings. The Morgan fingerprint density at radius 3 is 2.51 bits per heavy atom. The van der Waals surface area contributed by atoms with Crippen molar-refractivity contribution in [2.24, 2.45) is 5.10 Å². The standard InChI is InChI=1S/C30H27Cl2FN4O5S/c1-3-40-29(39)26-17(2)35-30(43)36-27(26)20-9-5-7-11-24(20)41-16-25(38)37-34-14-18-12-21(31)28(22(32)13-18)42-15-19-8-4-6-10-23(19)33/h4-14,27H,3,15-16H2,1-2H3,(H,37,38)(H2,35,36,43)/t27-/m0/s1. The smallest absolute Gasteiger partial charge is 0.338 e. The van der Waals surface area contributed by atoms with E-state index in [9.17, 15) is 14.0 Å². The molecule has 0 bridgehead atoms. The molecule has 0 saturated heterocycles. The Morgan fingerprint density at radius 1 is 1.09 bits per heavy atom. The van der Waals surface area contributed by atoms with E-state index in [1.165, 1.54) is 12.3 Å². The van der Waals surface area contributed by atoms with E-state index in [2.05, 4.69) is 21.2 Å². The first-order valence-electron chi connectivity index (χ1n) is 13.0. The summed E-state index contributed by atoms with van der Waals surface area (Å²) in [5.74, 6) is -0.886. The van der Waals surface area contributed by atoms with Crippen LogP contribution in [0, 0.1) is 5.82 Å². The van der Waals surface area contributed by atoms with Crippen molar-refractivity contribution in [2.45, 2.75) is 26.5 Å². The number of nitrogens with zero attached hydrogens (tertiary/aromatic N) is 1. The fraction of sp³-hybridized carbons (Fsp3) is 0.200. The lowest BCUT2D eigenvalue weighted by atomic mass is 9.95. The third kappa shape index (κ3) is 8.22. The van der Waals surface area contributed by atoms with Crippen LogP contribution in [0.25, 0.3) is 0 Å². The summed E-state index contributed by atoms with van der Waals surface area (Å²) in [5, 5.41) is 10.7. The monoisotopic (exact) mass is 644 g/mol. The minimum absolute atomic E-state index is 0.0564. The summed E-state index contributed by atoms with van der Waals surface area (Å²) in [6, 6.07) is 15.6. The van der Waals surface area contributed by atoms with Crippen LogP contribution < -0.4 is 25.5 Å². The van der Waals surface area contributed by atoms with Gasteiger partial charge in [-0.3, -0.25) is 4.79 Å². The minimum Gasteiger partial charge on any atom is -0.486 e. The van der Waals surface area contributed by atoms with Crippen LogP contribution in [0.1, 0.15) is 36.6 Å². The summed E-state index contributed by atoms with van der Waals surface area (Å²) in [5.41, 5.74) is 4.72. The first-order chi connectivity index (χ1) is 20.7. The average Bonchev–Trinajstić information content (AvgIpc) is 2.96. The van der Waals surface area contributed by atoms with Gasteiger partial charge in [-0.1, -0.05) is 59.6 Å². The number of nitrogens with one attached hydrogen (secondary N) is 3. The summed E-state index contributed by atoms with van der Waals surface area (Å²) >= 11 is 17.9. The molecule has 13 heteroatoms. The molecule has 0 radical (unpaired) electrons. The quantitative estimate of drug-likeness (QED) is 0.107. The molecule has 3 aromatic rings. The molecule has 9 nitrogen and oxygen atoms in total. The van der Waals surface area contributed by atoms with Crippen LogP contribution in [0.5, 0.6) is 11.5 Å². The van der Waals surface area contributed by atoms with Gasteiger partial charge in [0.15, 0.2) is 17.5 Å². The molecule has 0 aliphatic carbocycles.